The maximum Gasteiger partial charge on any atom is 0.221 e. The Balaban J connectivity index is 2.73. The predicted octanol–water partition coefficient (Wildman–Crippen LogP) is 2.22. The van der Waals surface area contributed by atoms with Crippen molar-refractivity contribution in [1.82, 2.24) is 0 Å². The molecule has 3 nitrogen and oxygen atoms in total. The number of hydrogen-bond acceptors (Lipinski definition) is 2. The molecule has 1 amide bonds. The van der Waals surface area contributed by atoms with E-state index in [4.69, 9.17) is 16.3 Å². The second-order valence-electron chi connectivity index (χ2n) is 2.46. The summed E-state index contributed by atoms with van der Waals surface area (Å²) in [5, 5.41) is 2.64. The van der Waals surface area contributed by atoms with E-state index in [1.54, 1.807) is 24.3 Å². The Morgan fingerprint density at radius 3 is 3.00 bits per heavy atom. The lowest BCUT2D eigenvalue weighted by molar-refractivity contribution is -0.114. The van der Waals surface area contributed by atoms with Crippen LogP contribution in [0.25, 0.3) is 0 Å². The largest absolute Gasteiger partial charge is 0.478 e. The number of amides is 1. The number of rotatable bonds is 3. The first kappa shape index (κ1) is 9.86. The number of benzene rings is 1. The van der Waals surface area contributed by atoms with Gasteiger partial charge in [-0.1, -0.05) is 17.7 Å². The summed E-state index contributed by atoms with van der Waals surface area (Å²) in [4.78, 5) is 10.7. The third kappa shape index (κ3) is 3.34. The van der Waals surface area contributed by atoms with Crippen LogP contribution >= 0.6 is 11.6 Å². The van der Waals surface area contributed by atoms with E-state index in [0.29, 0.717) is 11.4 Å². The molecule has 0 unspecified atom stereocenters. The summed E-state index contributed by atoms with van der Waals surface area (Å²) < 4.78 is 5.04. The smallest absolute Gasteiger partial charge is 0.221 e. The van der Waals surface area contributed by atoms with Gasteiger partial charge in [-0.25, -0.2) is 0 Å². The standard InChI is InChI=1S/C9H10ClNO2/c1-7(12)11-8-3-2-4-9(5-8)13-6-10/h2-5H,6H2,1H3,(H,11,12). The van der Waals surface area contributed by atoms with Gasteiger partial charge < -0.3 is 10.1 Å². The quantitative estimate of drug-likeness (QED) is 0.759. The van der Waals surface area contributed by atoms with Crippen molar-refractivity contribution in [2.45, 2.75) is 6.92 Å². The van der Waals surface area contributed by atoms with Crippen LogP contribution in [-0.4, -0.2) is 12.0 Å². The molecule has 0 saturated carbocycles. The molecule has 1 aromatic carbocycles. The number of carbonyl (C=O) groups is 1. The first-order chi connectivity index (χ1) is 6.22. The van der Waals surface area contributed by atoms with Crippen LogP contribution in [0.4, 0.5) is 5.69 Å². The van der Waals surface area contributed by atoms with E-state index >= 15 is 0 Å². The van der Waals surface area contributed by atoms with Gasteiger partial charge in [-0.3, -0.25) is 4.79 Å². The van der Waals surface area contributed by atoms with E-state index in [1.807, 2.05) is 0 Å². The van der Waals surface area contributed by atoms with Crippen molar-refractivity contribution in [2.24, 2.45) is 0 Å². The zero-order valence-electron chi connectivity index (χ0n) is 7.21. The van der Waals surface area contributed by atoms with Gasteiger partial charge in [0.05, 0.1) is 0 Å². The average Bonchev–Trinajstić information content (AvgIpc) is 2.04. The Hall–Kier alpha value is -1.22. The van der Waals surface area contributed by atoms with Crippen molar-refractivity contribution in [3.05, 3.63) is 24.3 Å². The molecule has 0 aliphatic carbocycles. The van der Waals surface area contributed by atoms with Crippen LogP contribution in [-0.2, 0) is 4.79 Å². The van der Waals surface area contributed by atoms with Gasteiger partial charge in [0.15, 0.2) is 6.07 Å². The monoisotopic (exact) mass is 199 g/mol. The predicted molar refractivity (Wildman–Crippen MR) is 52.1 cm³/mol. The van der Waals surface area contributed by atoms with Gasteiger partial charge in [-0.15, -0.1) is 0 Å². The lowest BCUT2D eigenvalue weighted by Crippen LogP contribution is -2.05. The zero-order chi connectivity index (χ0) is 9.68. The molecule has 0 radical (unpaired) electrons. The highest BCUT2D eigenvalue weighted by atomic mass is 35.5. The van der Waals surface area contributed by atoms with Crippen LogP contribution in [0.2, 0.25) is 0 Å². The molecular formula is C9H10ClNO2. The van der Waals surface area contributed by atoms with E-state index in [1.165, 1.54) is 6.92 Å². The van der Waals surface area contributed by atoms with Crippen LogP contribution < -0.4 is 10.1 Å². The molecular weight excluding hydrogens is 190 g/mol. The second-order valence-corrected chi connectivity index (χ2v) is 2.68. The van der Waals surface area contributed by atoms with Gasteiger partial charge in [0.25, 0.3) is 0 Å². The minimum atomic E-state index is -0.108. The molecule has 4 heteroatoms. The van der Waals surface area contributed by atoms with Gasteiger partial charge in [0.2, 0.25) is 5.91 Å². The van der Waals surface area contributed by atoms with Crippen LogP contribution in [0.5, 0.6) is 5.75 Å². The van der Waals surface area contributed by atoms with Crippen molar-refractivity contribution in [3.63, 3.8) is 0 Å². The van der Waals surface area contributed by atoms with E-state index in [-0.39, 0.29) is 12.0 Å². The molecule has 0 aliphatic heterocycles. The van der Waals surface area contributed by atoms with Crippen LogP contribution in [0.1, 0.15) is 6.92 Å². The maximum atomic E-state index is 10.7. The van der Waals surface area contributed by atoms with Crippen molar-refractivity contribution in [1.29, 1.82) is 0 Å². The minimum Gasteiger partial charge on any atom is -0.478 e. The van der Waals surface area contributed by atoms with Gasteiger partial charge >= 0.3 is 0 Å². The normalized spacial score (nSPS) is 9.38. The molecule has 1 N–H and O–H groups in total. The number of hydrogen-bond donors (Lipinski definition) is 1. The highest BCUT2D eigenvalue weighted by Gasteiger charge is 1.97. The Morgan fingerprint density at radius 2 is 2.38 bits per heavy atom. The van der Waals surface area contributed by atoms with Gasteiger partial charge in [0.1, 0.15) is 5.75 Å². The number of ether oxygens (including phenoxy) is 1. The summed E-state index contributed by atoms with van der Waals surface area (Å²) in [6.45, 7) is 1.45. The fourth-order valence-electron chi connectivity index (χ4n) is 0.930. The van der Waals surface area contributed by atoms with Crippen LogP contribution in [0.15, 0.2) is 24.3 Å². The summed E-state index contributed by atoms with van der Waals surface area (Å²) in [5.74, 6) is 0.532. The fourth-order valence-corrected chi connectivity index (χ4v) is 1.06. The molecule has 0 bridgehead atoms. The SMILES string of the molecule is CC(=O)Nc1cccc(OCCl)c1. The third-order valence-electron chi connectivity index (χ3n) is 1.38. The zero-order valence-corrected chi connectivity index (χ0v) is 7.97. The summed E-state index contributed by atoms with van der Waals surface area (Å²) in [6.07, 6.45) is 0. The Bertz CT molecular complexity index is 301. The number of halogens is 1. The number of carbonyl (C=O) groups excluding carboxylic acids is 1. The van der Waals surface area contributed by atoms with E-state index in [2.05, 4.69) is 5.32 Å². The van der Waals surface area contributed by atoms with Crippen LogP contribution in [0.3, 0.4) is 0 Å². The minimum absolute atomic E-state index is 0.101. The second kappa shape index (κ2) is 4.72. The molecule has 0 spiro atoms. The van der Waals surface area contributed by atoms with E-state index in [9.17, 15) is 4.79 Å². The Kier molecular flexibility index (Phi) is 3.58. The molecule has 0 fully saturated rings. The summed E-state index contributed by atoms with van der Waals surface area (Å²) in [6, 6.07) is 7.15. The lowest BCUT2D eigenvalue weighted by Gasteiger charge is -2.05. The molecule has 0 heterocycles. The first-order valence-corrected chi connectivity index (χ1v) is 4.32. The molecule has 0 aromatic heterocycles. The molecule has 1 rings (SSSR count). The van der Waals surface area contributed by atoms with Crippen molar-refractivity contribution in [3.8, 4) is 5.75 Å². The number of nitrogens with one attached hydrogen (secondary N) is 1. The Labute approximate surface area is 81.7 Å². The molecule has 1 aromatic rings. The Morgan fingerprint density at radius 1 is 1.62 bits per heavy atom. The topological polar surface area (TPSA) is 38.3 Å². The lowest BCUT2D eigenvalue weighted by atomic mass is 10.3. The van der Waals surface area contributed by atoms with Gasteiger partial charge in [-0.05, 0) is 12.1 Å². The molecule has 0 atom stereocenters. The van der Waals surface area contributed by atoms with Crippen LogP contribution in [0, 0.1) is 0 Å². The van der Waals surface area contributed by atoms with Gasteiger partial charge in [-0.2, -0.15) is 0 Å². The van der Waals surface area contributed by atoms with E-state index in [0.717, 1.165) is 0 Å². The van der Waals surface area contributed by atoms with Crippen molar-refractivity contribution < 1.29 is 9.53 Å². The fraction of sp³-hybridized carbons (Fsp3) is 0.222. The summed E-state index contributed by atoms with van der Waals surface area (Å²) in [5.41, 5.74) is 0.704. The summed E-state index contributed by atoms with van der Waals surface area (Å²) >= 11 is 5.38. The third-order valence-corrected chi connectivity index (χ3v) is 1.48. The first-order valence-electron chi connectivity index (χ1n) is 3.79. The summed E-state index contributed by atoms with van der Waals surface area (Å²) in [7, 11) is 0. The highest BCUT2D eigenvalue weighted by Crippen LogP contribution is 2.17. The molecule has 0 aliphatic rings. The molecule has 0 saturated heterocycles. The number of anilines is 1. The molecule has 70 valence electrons. The van der Waals surface area contributed by atoms with E-state index < -0.39 is 0 Å². The van der Waals surface area contributed by atoms with Crippen molar-refractivity contribution in [2.75, 3.05) is 11.4 Å². The molecule has 13 heavy (non-hydrogen) atoms. The average molecular weight is 200 g/mol. The van der Waals surface area contributed by atoms with Crippen molar-refractivity contribution >= 4 is 23.2 Å². The highest BCUT2D eigenvalue weighted by molar-refractivity contribution is 6.17. The maximum absolute atomic E-state index is 10.7. The van der Waals surface area contributed by atoms with Gasteiger partial charge in [0, 0.05) is 18.7 Å². The number of alkyl halides is 1.